The number of fused-ring (bicyclic) bond motifs is 1. The second kappa shape index (κ2) is 4.03. The molecule has 3 heteroatoms. The molecule has 0 amide bonds. The number of hydrogen-bond donors (Lipinski definition) is 1. The standard InChI is InChI=1S/C12H14O3/c1-8(13)15-7-9-6-12(14)11-5-3-2-4-10(9)11/h2-5,9,12,14H,6-7H2,1H3/t9-,12+/m1/s1. The molecule has 80 valence electrons. The van der Waals surface area contributed by atoms with Gasteiger partial charge in [-0.1, -0.05) is 24.3 Å². The molecule has 0 aliphatic heterocycles. The van der Waals surface area contributed by atoms with E-state index >= 15 is 0 Å². The van der Waals surface area contributed by atoms with Gasteiger partial charge in [0.15, 0.2) is 0 Å². The summed E-state index contributed by atoms with van der Waals surface area (Å²) in [4.78, 5) is 10.7. The summed E-state index contributed by atoms with van der Waals surface area (Å²) in [5.74, 6) is -0.131. The molecule has 0 saturated heterocycles. The third kappa shape index (κ3) is 2.02. The van der Waals surface area contributed by atoms with Crippen molar-refractivity contribution in [3.63, 3.8) is 0 Å². The zero-order valence-corrected chi connectivity index (χ0v) is 8.64. The Balaban J connectivity index is 2.14. The van der Waals surface area contributed by atoms with Crippen molar-refractivity contribution in [2.75, 3.05) is 6.61 Å². The molecule has 1 aromatic carbocycles. The van der Waals surface area contributed by atoms with E-state index in [1.54, 1.807) is 0 Å². The van der Waals surface area contributed by atoms with Crippen LogP contribution in [0, 0.1) is 0 Å². The average molecular weight is 206 g/mol. The predicted molar refractivity (Wildman–Crippen MR) is 55.4 cm³/mol. The van der Waals surface area contributed by atoms with Gasteiger partial charge >= 0.3 is 5.97 Å². The molecule has 0 radical (unpaired) electrons. The molecule has 0 bridgehead atoms. The molecule has 2 atom stereocenters. The maximum Gasteiger partial charge on any atom is 0.302 e. The molecule has 1 N–H and O–H groups in total. The number of rotatable bonds is 2. The fourth-order valence-corrected chi connectivity index (χ4v) is 2.09. The highest BCUT2D eigenvalue weighted by atomic mass is 16.5. The molecule has 1 aromatic rings. The smallest absolute Gasteiger partial charge is 0.302 e. The van der Waals surface area contributed by atoms with Crippen LogP contribution < -0.4 is 0 Å². The lowest BCUT2D eigenvalue weighted by Crippen LogP contribution is -2.08. The van der Waals surface area contributed by atoms with E-state index in [1.807, 2.05) is 24.3 Å². The van der Waals surface area contributed by atoms with Crippen LogP contribution in [0.2, 0.25) is 0 Å². The van der Waals surface area contributed by atoms with E-state index in [9.17, 15) is 9.90 Å². The minimum absolute atomic E-state index is 0.139. The summed E-state index contributed by atoms with van der Waals surface area (Å²) in [6.07, 6.45) is 0.230. The fourth-order valence-electron chi connectivity index (χ4n) is 2.09. The summed E-state index contributed by atoms with van der Waals surface area (Å²) in [6.45, 7) is 1.76. The van der Waals surface area contributed by atoms with E-state index in [-0.39, 0.29) is 11.9 Å². The van der Waals surface area contributed by atoms with Gasteiger partial charge in [0, 0.05) is 12.8 Å². The zero-order valence-electron chi connectivity index (χ0n) is 8.64. The molecule has 15 heavy (non-hydrogen) atoms. The van der Waals surface area contributed by atoms with Crippen LogP contribution >= 0.6 is 0 Å². The van der Waals surface area contributed by atoms with Gasteiger partial charge in [0.2, 0.25) is 0 Å². The van der Waals surface area contributed by atoms with Gasteiger partial charge in [-0.05, 0) is 17.5 Å². The van der Waals surface area contributed by atoms with Crippen LogP contribution in [0.15, 0.2) is 24.3 Å². The lowest BCUT2D eigenvalue weighted by Gasteiger charge is -2.10. The van der Waals surface area contributed by atoms with Gasteiger partial charge in [-0.3, -0.25) is 4.79 Å². The van der Waals surface area contributed by atoms with Crippen LogP contribution in [-0.4, -0.2) is 17.7 Å². The molecule has 0 aromatic heterocycles. The van der Waals surface area contributed by atoms with Crippen molar-refractivity contribution in [3.05, 3.63) is 35.4 Å². The van der Waals surface area contributed by atoms with Gasteiger partial charge < -0.3 is 9.84 Å². The Kier molecular flexibility index (Phi) is 2.73. The van der Waals surface area contributed by atoms with Crippen molar-refractivity contribution < 1.29 is 14.6 Å². The van der Waals surface area contributed by atoms with E-state index in [0.29, 0.717) is 13.0 Å². The van der Waals surface area contributed by atoms with E-state index in [0.717, 1.165) is 11.1 Å². The van der Waals surface area contributed by atoms with Crippen LogP contribution in [0.5, 0.6) is 0 Å². The van der Waals surface area contributed by atoms with Gasteiger partial charge in [-0.2, -0.15) is 0 Å². The van der Waals surface area contributed by atoms with Crippen LogP contribution in [0.3, 0.4) is 0 Å². The van der Waals surface area contributed by atoms with Crippen LogP contribution in [-0.2, 0) is 9.53 Å². The van der Waals surface area contributed by atoms with Crippen molar-refractivity contribution in [2.45, 2.75) is 25.4 Å². The summed E-state index contributed by atoms with van der Waals surface area (Å²) in [6, 6.07) is 7.77. The Hall–Kier alpha value is -1.35. The third-order valence-electron chi connectivity index (χ3n) is 2.79. The average Bonchev–Trinajstić information content (AvgIpc) is 2.54. The molecule has 3 nitrogen and oxygen atoms in total. The maximum absolute atomic E-state index is 10.7. The third-order valence-corrected chi connectivity index (χ3v) is 2.79. The molecule has 0 saturated carbocycles. The Morgan fingerprint density at radius 1 is 1.47 bits per heavy atom. The Bertz CT molecular complexity index is 373. The number of esters is 1. The number of aliphatic hydroxyl groups is 1. The van der Waals surface area contributed by atoms with E-state index in [1.165, 1.54) is 6.92 Å². The molecule has 0 unspecified atom stereocenters. The number of carbonyl (C=O) groups is 1. The summed E-state index contributed by atoms with van der Waals surface area (Å²) in [5, 5.41) is 9.78. The van der Waals surface area contributed by atoms with E-state index in [4.69, 9.17) is 4.74 Å². The molecule has 0 fully saturated rings. The van der Waals surface area contributed by atoms with E-state index in [2.05, 4.69) is 0 Å². The molecule has 2 rings (SSSR count). The quantitative estimate of drug-likeness (QED) is 0.750. The largest absolute Gasteiger partial charge is 0.465 e. The highest BCUT2D eigenvalue weighted by molar-refractivity contribution is 5.66. The number of ether oxygens (including phenoxy) is 1. The highest BCUT2D eigenvalue weighted by Gasteiger charge is 2.29. The second-order valence-corrected chi connectivity index (χ2v) is 3.88. The van der Waals surface area contributed by atoms with Gasteiger partial charge in [0.25, 0.3) is 0 Å². The summed E-state index contributed by atoms with van der Waals surface area (Å²) < 4.78 is 4.98. The second-order valence-electron chi connectivity index (χ2n) is 3.88. The Morgan fingerprint density at radius 2 is 2.13 bits per heavy atom. The molecular weight excluding hydrogens is 192 g/mol. The first kappa shape index (κ1) is 10.2. The number of carbonyl (C=O) groups excluding carboxylic acids is 1. The van der Waals surface area contributed by atoms with Crippen molar-refractivity contribution in [2.24, 2.45) is 0 Å². The minimum Gasteiger partial charge on any atom is -0.465 e. The van der Waals surface area contributed by atoms with Gasteiger partial charge in [0.1, 0.15) is 0 Å². The first-order valence-electron chi connectivity index (χ1n) is 5.08. The van der Waals surface area contributed by atoms with Gasteiger partial charge in [0.05, 0.1) is 12.7 Å². The lowest BCUT2D eigenvalue weighted by atomic mass is 10.0. The molecule has 0 heterocycles. The lowest BCUT2D eigenvalue weighted by molar-refractivity contribution is -0.141. The van der Waals surface area contributed by atoms with Crippen LogP contribution in [0.1, 0.15) is 36.5 Å². The number of benzene rings is 1. The van der Waals surface area contributed by atoms with Crippen molar-refractivity contribution in [1.82, 2.24) is 0 Å². The summed E-state index contributed by atoms with van der Waals surface area (Å²) in [7, 11) is 0. The normalized spacial score (nSPS) is 23.6. The van der Waals surface area contributed by atoms with Crippen LogP contribution in [0.4, 0.5) is 0 Å². The van der Waals surface area contributed by atoms with Crippen molar-refractivity contribution >= 4 is 5.97 Å². The number of aliphatic hydroxyl groups excluding tert-OH is 1. The molecule has 0 spiro atoms. The van der Waals surface area contributed by atoms with Crippen LogP contribution in [0.25, 0.3) is 0 Å². The predicted octanol–water partition coefficient (Wildman–Crippen LogP) is 1.77. The Morgan fingerprint density at radius 3 is 2.80 bits per heavy atom. The molecule has 1 aliphatic rings. The van der Waals surface area contributed by atoms with E-state index < -0.39 is 6.10 Å². The van der Waals surface area contributed by atoms with Gasteiger partial charge in [-0.25, -0.2) is 0 Å². The topological polar surface area (TPSA) is 46.5 Å². The molecular formula is C12H14O3. The highest BCUT2D eigenvalue weighted by Crippen LogP contribution is 2.39. The Labute approximate surface area is 88.7 Å². The summed E-state index contributed by atoms with van der Waals surface area (Å²) >= 11 is 0. The van der Waals surface area contributed by atoms with Gasteiger partial charge in [-0.15, -0.1) is 0 Å². The zero-order chi connectivity index (χ0) is 10.8. The number of hydrogen-bond acceptors (Lipinski definition) is 3. The maximum atomic E-state index is 10.7. The van der Waals surface area contributed by atoms with Crippen molar-refractivity contribution in [1.29, 1.82) is 0 Å². The monoisotopic (exact) mass is 206 g/mol. The first-order valence-corrected chi connectivity index (χ1v) is 5.08. The minimum atomic E-state index is -0.415. The summed E-state index contributed by atoms with van der Waals surface area (Å²) in [5.41, 5.74) is 2.07. The molecule has 1 aliphatic carbocycles. The fraction of sp³-hybridized carbons (Fsp3) is 0.417. The van der Waals surface area contributed by atoms with Crippen molar-refractivity contribution in [3.8, 4) is 0 Å². The SMILES string of the molecule is CC(=O)OC[C@H]1C[C@H](O)c2ccccc21. The first-order chi connectivity index (χ1) is 7.18.